The largest absolute Gasteiger partial charge is 0.385 e. The van der Waals surface area contributed by atoms with Crippen LogP contribution in [0.1, 0.15) is 79.4 Å². The van der Waals surface area contributed by atoms with Crippen LogP contribution in [0.2, 0.25) is 0 Å². The summed E-state index contributed by atoms with van der Waals surface area (Å²) in [7, 11) is 0. The number of hydrogen-bond acceptors (Lipinski definition) is 16. The van der Waals surface area contributed by atoms with E-state index in [0.717, 1.165) is 63.1 Å². The number of piperidine rings is 1. The predicted octanol–water partition coefficient (Wildman–Crippen LogP) is 1.69. The summed E-state index contributed by atoms with van der Waals surface area (Å²) in [6, 6.07) is 4.96. The molecule has 1 unspecified atom stereocenters. The van der Waals surface area contributed by atoms with Crippen molar-refractivity contribution in [3.63, 3.8) is 0 Å². The summed E-state index contributed by atoms with van der Waals surface area (Å²) < 4.78 is 33.5. The van der Waals surface area contributed by atoms with Crippen LogP contribution in [0.4, 0.5) is 32.3 Å². The average Bonchev–Trinajstić information content (AvgIpc) is 3.66. The fourth-order valence-corrected chi connectivity index (χ4v) is 8.96. The van der Waals surface area contributed by atoms with Crippen molar-refractivity contribution in [1.29, 1.82) is 0 Å². The number of halogens is 2. The first-order chi connectivity index (χ1) is 31.5. The Labute approximate surface area is 375 Å². The van der Waals surface area contributed by atoms with Crippen LogP contribution >= 0.6 is 0 Å². The van der Waals surface area contributed by atoms with E-state index >= 15 is 0 Å². The number of benzene rings is 1. The molecule has 0 aliphatic carbocycles. The number of morpholine rings is 1. The minimum absolute atomic E-state index is 0.00245. The number of carbonyl (C=O) groups is 5. The monoisotopic (exact) mass is 902 g/mol. The molecule has 20 nitrogen and oxygen atoms in total. The third-order valence-corrected chi connectivity index (χ3v) is 12.7. The molecule has 7 heterocycles. The number of nitrogens with one attached hydrogen (secondary N) is 2. The van der Waals surface area contributed by atoms with Crippen molar-refractivity contribution in [3.8, 4) is 11.4 Å². The van der Waals surface area contributed by atoms with E-state index in [-0.39, 0.29) is 66.2 Å². The number of nitrogens with two attached hydrogens (primary N) is 1. The van der Waals surface area contributed by atoms with E-state index in [9.17, 15) is 32.8 Å². The summed E-state index contributed by atoms with van der Waals surface area (Å²) in [6.45, 7) is 8.42. The fraction of sp³-hybridized carbons (Fsp3) is 0.581. The van der Waals surface area contributed by atoms with Crippen molar-refractivity contribution in [3.05, 3.63) is 41.2 Å². The third-order valence-electron chi connectivity index (χ3n) is 12.7. The van der Waals surface area contributed by atoms with Crippen LogP contribution in [-0.2, 0) is 30.5 Å². The lowest BCUT2D eigenvalue weighted by Crippen LogP contribution is -2.52. The summed E-state index contributed by atoms with van der Waals surface area (Å²) in [5.74, 6) is -0.690. The molecule has 0 radical (unpaired) electrons. The molecule has 4 saturated heterocycles. The second kappa shape index (κ2) is 20.8. The molecule has 1 aromatic carbocycles. The smallest absolute Gasteiger partial charge is 0.281 e. The van der Waals surface area contributed by atoms with Crippen molar-refractivity contribution in [2.45, 2.75) is 70.4 Å². The molecule has 2 aromatic heterocycles. The quantitative estimate of drug-likeness (QED) is 0.137. The number of nitrogens with zero attached hydrogens (tertiary/aromatic N) is 11. The highest BCUT2D eigenvalue weighted by atomic mass is 19.3. The number of rotatable bonds is 16. The number of amides is 5. The van der Waals surface area contributed by atoms with Crippen LogP contribution < -0.4 is 26.2 Å². The predicted molar refractivity (Wildman–Crippen MR) is 234 cm³/mol. The maximum atomic E-state index is 14.0. The van der Waals surface area contributed by atoms with Crippen LogP contribution in [0.15, 0.2) is 24.4 Å². The zero-order chi connectivity index (χ0) is 45.5. The van der Waals surface area contributed by atoms with Crippen LogP contribution in [-0.4, -0.2) is 172 Å². The molecule has 4 N–H and O–H groups in total. The van der Waals surface area contributed by atoms with Crippen molar-refractivity contribution in [1.82, 2.24) is 49.8 Å². The van der Waals surface area contributed by atoms with Gasteiger partial charge in [0.15, 0.2) is 5.82 Å². The Hall–Kier alpha value is -6.16. The fourth-order valence-electron chi connectivity index (χ4n) is 8.96. The highest BCUT2D eigenvalue weighted by molar-refractivity contribution is 6.06. The number of imide groups is 1. The van der Waals surface area contributed by atoms with Crippen molar-refractivity contribution in [2.24, 2.45) is 0 Å². The number of aromatic nitrogens is 5. The molecule has 5 aliphatic rings. The number of unbranched alkanes of at least 4 members (excludes halogenated alkanes) is 3. The lowest BCUT2D eigenvalue weighted by Gasteiger charge is -2.36. The third kappa shape index (κ3) is 10.9. The van der Waals surface area contributed by atoms with Crippen molar-refractivity contribution < 1.29 is 37.5 Å². The van der Waals surface area contributed by atoms with E-state index < -0.39 is 24.1 Å². The maximum absolute atomic E-state index is 14.0. The lowest BCUT2D eigenvalue weighted by molar-refractivity contribution is -0.138. The molecule has 8 rings (SSSR count). The van der Waals surface area contributed by atoms with Gasteiger partial charge in [-0.2, -0.15) is 15.0 Å². The Morgan fingerprint density at radius 3 is 2.15 bits per heavy atom. The van der Waals surface area contributed by atoms with Gasteiger partial charge in [0.25, 0.3) is 12.3 Å². The number of ether oxygens (including phenoxy) is 1. The first kappa shape index (κ1) is 45.4. The SMILES string of the molecule is Nc1ncc(-c2nc(N3CCOCC3)nc(N3CCN(C(=O)CCC(=O)N4CCN(CCCCCCNc5cccc6c5CN(C5CCC(=O)NC5=O)C6=O)CC4)CC3)n2)c(C(F)F)n1. The number of hydrogen-bond donors (Lipinski definition) is 3. The van der Waals surface area contributed by atoms with E-state index in [0.29, 0.717) is 90.0 Å². The molecule has 0 saturated carbocycles. The molecule has 0 spiro atoms. The van der Waals surface area contributed by atoms with Gasteiger partial charge >= 0.3 is 0 Å². The van der Waals surface area contributed by atoms with E-state index in [1.807, 2.05) is 26.8 Å². The molecule has 348 valence electrons. The van der Waals surface area contributed by atoms with Crippen molar-refractivity contribution in [2.75, 3.05) is 113 Å². The number of anilines is 4. The molecule has 4 fully saturated rings. The molecule has 5 amide bonds. The average molecular weight is 903 g/mol. The molecule has 5 aliphatic heterocycles. The second-order valence-electron chi connectivity index (χ2n) is 16.8. The first-order valence-corrected chi connectivity index (χ1v) is 22.6. The van der Waals surface area contributed by atoms with Gasteiger partial charge in [0.05, 0.1) is 18.8 Å². The summed E-state index contributed by atoms with van der Waals surface area (Å²) in [6.07, 6.45) is 3.21. The van der Waals surface area contributed by atoms with Gasteiger partial charge < -0.3 is 40.3 Å². The number of nitrogen functional groups attached to an aromatic ring is 1. The van der Waals surface area contributed by atoms with Crippen LogP contribution in [0, 0.1) is 0 Å². The molecule has 22 heteroatoms. The normalized spacial score (nSPS) is 19.5. The summed E-state index contributed by atoms with van der Waals surface area (Å²) in [4.78, 5) is 96.4. The van der Waals surface area contributed by atoms with Gasteiger partial charge in [0.2, 0.25) is 41.5 Å². The Morgan fingerprint density at radius 2 is 1.48 bits per heavy atom. The van der Waals surface area contributed by atoms with E-state index in [1.165, 1.54) is 6.20 Å². The van der Waals surface area contributed by atoms with Gasteiger partial charge in [0.1, 0.15) is 11.7 Å². The molecule has 0 bridgehead atoms. The standard InChI is InChI=1S/C43H56F2N14O6/c44-37(45)36-29(26-48-41(46)50-36)38-51-42(53-43(52-38)58-22-24-65-25-23-58)57-20-18-56(19-21-57)35(62)11-10-34(61)55-16-14-54(15-17-55)13-4-2-1-3-12-47-31-7-5-6-28-30(31)27-59(40(28)64)32-8-9-33(60)49-39(32)63/h5-7,26,32,37,47H,1-4,8-25,27H2,(H2,46,48,50)(H,49,60,63). The van der Waals surface area contributed by atoms with E-state index in [4.69, 9.17) is 10.5 Å². The van der Waals surface area contributed by atoms with Crippen LogP contribution in [0.25, 0.3) is 11.4 Å². The van der Waals surface area contributed by atoms with Gasteiger partial charge in [-0.3, -0.25) is 34.2 Å². The summed E-state index contributed by atoms with van der Waals surface area (Å²) in [5.41, 5.74) is 7.39. The molecule has 65 heavy (non-hydrogen) atoms. The van der Waals surface area contributed by atoms with Gasteiger partial charge in [-0.25, -0.2) is 18.7 Å². The molecular weight excluding hydrogens is 847 g/mol. The highest BCUT2D eigenvalue weighted by Crippen LogP contribution is 2.33. The topological polar surface area (TPSA) is 229 Å². The van der Waals surface area contributed by atoms with Gasteiger partial charge in [-0.05, 0) is 37.9 Å². The Morgan fingerprint density at radius 1 is 0.815 bits per heavy atom. The molecular formula is C43H56F2N14O6. The minimum atomic E-state index is -2.93. The number of alkyl halides is 2. The molecule has 3 aromatic rings. The van der Waals surface area contributed by atoms with E-state index in [1.54, 1.807) is 15.9 Å². The van der Waals surface area contributed by atoms with Gasteiger partial charge in [0, 0.05) is 121 Å². The Bertz CT molecular complexity index is 2230. The zero-order valence-electron chi connectivity index (χ0n) is 36.4. The van der Waals surface area contributed by atoms with Crippen molar-refractivity contribution >= 4 is 53.1 Å². The molecule has 1 atom stereocenters. The Kier molecular flexibility index (Phi) is 14.5. The van der Waals surface area contributed by atoms with Gasteiger partial charge in [-0.15, -0.1) is 0 Å². The van der Waals surface area contributed by atoms with Gasteiger partial charge in [-0.1, -0.05) is 18.9 Å². The van der Waals surface area contributed by atoms with Crippen LogP contribution in [0.3, 0.4) is 0 Å². The number of fused-ring (bicyclic) bond motifs is 1. The second-order valence-corrected chi connectivity index (χ2v) is 16.8. The highest BCUT2D eigenvalue weighted by Gasteiger charge is 2.40. The maximum Gasteiger partial charge on any atom is 0.281 e. The number of piperazine rings is 2. The number of carbonyl (C=O) groups excluding carboxylic acids is 5. The van der Waals surface area contributed by atoms with E-state index in [2.05, 4.69) is 40.5 Å². The lowest BCUT2D eigenvalue weighted by atomic mass is 10.0. The van der Waals surface area contributed by atoms with Crippen LogP contribution in [0.5, 0.6) is 0 Å². The Balaban J connectivity index is 0.723. The zero-order valence-corrected chi connectivity index (χ0v) is 36.4. The summed E-state index contributed by atoms with van der Waals surface area (Å²) in [5, 5.41) is 5.84. The first-order valence-electron chi connectivity index (χ1n) is 22.6. The summed E-state index contributed by atoms with van der Waals surface area (Å²) >= 11 is 0. The minimum Gasteiger partial charge on any atom is -0.385 e.